The highest BCUT2D eigenvalue weighted by Crippen LogP contribution is 2.07. The first-order valence-electron chi connectivity index (χ1n) is 8.27. The summed E-state index contributed by atoms with van der Waals surface area (Å²) >= 11 is 0. The molecule has 2 aromatic carbocycles. The molecular weight excluding hydrogens is 316 g/mol. The molecule has 0 radical (unpaired) electrons. The van der Waals surface area contributed by atoms with Gasteiger partial charge in [-0.1, -0.05) is 42.5 Å². The molecule has 2 aromatic rings. The number of carbonyl (C=O) groups excluding carboxylic acids is 2. The summed E-state index contributed by atoms with van der Waals surface area (Å²) in [7, 11) is 1.66. The highest BCUT2D eigenvalue weighted by molar-refractivity contribution is 5.95. The molecule has 5 nitrogen and oxygen atoms in total. The SMILES string of the molecule is COCc1ccc(CNC(=O)CCNC(=O)c2ccccc2C)cc1. The number of benzene rings is 2. The van der Waals surface area contributed by atoms with Crippen LogP contribution in [-0.4, -0.2) is 25.5 Å². The summed E-state index contributed by atoms with van der Waals surface area (Å²) in [6.45, 7) is 3.25. The van der Waals surface area contributed by atoms with E-state index in [4.69, 9.17) is 4.74 Å². The Hall–Kier alpha value is -2.66. The number of carbonyl (C=O) groups is 2. The van der Waals surface area contributed by atoms with E-state index >= 15 is 0 Å². The number of amides is 2. The van der Waals surface area contributed by atoms with Crippen LogP contribution in [0.25, 0.3) is 0 Å². The standard InChI is InChI=1S/C20H24N2O3/c1-15-5-3-4-6-18(15)20(24)21-12-11-19(23)22-13-16-7-9-17(10-8-16)14-25-2/h3-10H,11-14H2,1-2H3,(H,21,24)(H,22,23). The molecular formula is C20H24N2O3. The van der Waals surface area contributed by atoms with Gasteiger partial charge in [-0.15, -0.1) is 0 Å². The van der Waals surface area contributed by atoms with E-state index in [2.05, 4.69) is 10.6 Å². The topological polar surface area (TPSA) is 67.4 Å². The van der Waals surface area contributed by atoms with Gasteiger partial charge >= 0.3 is 0 Å². The number of aryl methyl sites for hydroxylation is 1. The van der Waals surface area contributed by atoms with Gasteiger partial charge in [0.25, 0.3) is 5.91 Å². The first-order valence-corrected chi connectivity index (χ1v) is 8.27. The summed E-state index contributed by atoms with van der Waals surface area (Å²) in [5, 5.41) is 5.63. The van der Waals surface area contributed by atoms with Gasteiger partial charge in [-0.05, 0) is 29.7 Å². The number of hydrogen-bond donors (Lipinski definition) is 2. The van der Waals surface area contributed by atoms with Gasteiger partial charge in [0.2, 0.25) is 5.91 Å². The molecule has 0 spiro atoms. The molecule has 0 saturated carbocycles. The van der Waals surface area contributed by atoms with Crippen molar-refractivity contribution in [3.63, 3.8) is 0 Å². The second-order valence-electron chi connectivity index (χ2n) is 5.85. The van der Waals surface area contributed by atoms with Gasteiger partial charge in [-0.2, -0.15) is 0 Å². The maximum atomic E-state index is 12.1. The Morgan fingerprint density at radius 1 is 0.960 bits per heavy atom. The Kier molecular flexibility index (Phi) is 7.16. The molecule has 2 amide bonds. The molecule has 0 atom stereocenters. The predicted octanol–water partition coefficient (Wildman–Crippen LogP) is 2.58. The molecule has 132 valence electrons. The van der Waals surface area contributed by atoms with E-state index in [1.54, 1.807) is 13.2 Å². The lowest BCUT2D eigenvalue weighted by atomic mass is 10.1. The van der Waals surface area contributed by atoms with Crippen molar-refractivity contribution in [2.45, 2.75) is 26.5 Å². The summed E-state index contributed by atoms with van der Waals surface area (Å²) in [4.78, 5) is 23.9. The van der Waals surface area contributed by atoms with E-state index in [-0.39, 0.29) is 18.2 Å². The van der Waals surface area contributed by atoms with Crippen molar-refractivity contribution in [3.8, 4) is 0 Å². The van der Waals surface area contributed by atoms with E-state index in [0.717, 1.165) is 16.7 Å². The molecule has 2 rings (SSSR count). The Balaban J connectivity index is 1.70. The first-order chi connectivity index (χ1) is 12.1. The van der Waals surface area contributed by atoms with Gasteiger partial charge in [0.1, 0.15) is 0 Å². The van der Waals surface area contributed by atoms with Crippen LogP contribution in [0, 0.1) is 6.92 Å². The minimum Gasteiger partial charge on any atom is -0.380 e. The van der Waals surface area contributed by atoms with Gasteiger partial charge in [0.15, 0.2) is 0 Å². The van der Waals surface area contributed by atoms with Crippen molar-refractivity contribution in [3.05, 3.63) is 70.8 Å². The van der Waals surface area contributed by atoms with Gasteiger partial charge in [0, 0.05) is 32.2 Å². The van der Waals surface area contributed by atoms with E-state index in [1.807, 2.05) is 49.4 Å². The smallest absolute Gasteiger partial charge is 0.251 e. The van der Waals surface area contributed by atoms with Gasteiger partial charge in [-0.25, -0.2) is 0 Å². The van der Waals surface area contributed by atoms with Crippen LogP contribution in [0.1, 0.15) is 33.5 Å². The Morgan fingerprint density at radius 2 is 1.64 bits per heavy atom. The lowest BCUT2D eigenvalue weighted by Crippen LogP contribution is -2.30. The monoisotopic (exact) mass is 340 g/mol. The zero-order valence-corrected chi connectivity index (χ0v) is 14.7. The molecule has 0 unspecified atom stereocenters. The molecule has 0 bridgehead atoms. The number of hydrogen-bond acceptors (Lipinski definition) is 3. The number of rotatable bonds is 8. The summed E-state index contributed by atoms with van der Waals surface area (Å²) < 4.78 is 5.06. The summed E-state index contributed by atoms with van der Waals surface area (Å²) in [5.41, 5.74) is 3.68. The van der Waals surface area contributed by atoms with E-state index < -0.39 is 0 Å². The predicted molar refractivity (Wildman–Crippen MR) is 97.1 cm³/mol. The average Bonchev–Trinajstić information content (AvgIpc) is 2.61. The van der Waals surface area contributed by atoms with E-state index in [0.29, 0.717) is 25.3 Å². The van der Waals surface area contributed by atoms with Crippen LogP contribution in [0.3, 0.4) is 0 Å². The van der Waals surface area contributed by atoms with E-state index in [1.165, 1.54) is 0 Å². The normalized spacial score (nSPS) is 10.3. The van der Waals surface area contributed by atoms with Crippen LogP contribution in [0.4, 0.5) is 0 Å². The highest BCUT2D eigenvalue weighted by atomic mass is 16.5. The molecule has 0 saturated heterocycles. The van der Waals surface area contributed by atoms with Crippen molar-refractivity contribution in [1.29, 1.82) is 0 Å². The highest BCUT2D eigenvalue weighted by Gasteiger charge is 2.08. The molecule has 2 N–H and O–H groups in total. The molecule has 0 aromatic heterocycles. The summed E-state index contributed by atoms with van der Waals surface area (Å²) in [6.07, 6.45) is 0.249. The minimum atomic E-state index is -0.153. The third-order valence-electron chi connectivity index (χ3n) is 3.85. The zero-order valence-electron chi connectivity index (χ0n) is 14.7. The zero-order chi connectivity index (χ0) is 18.1. The third-order valence-corrected chi connectivity index (χ3v) is 3.85. The minimum absolute atomic E-state index is 0.0916. The van der Waals surface area contributed by atoms with Crippen LogP contribution in [0.2, 0.25) is 0 Å². The summed E-state index contributed by atoms with van der Waals surface area (Å²) in [5.74, 6) is -0.245. The maximum absolute atomic E-state index is 12.1. The van der Waals surface area contributed by atoms with Gasteiger partial charge < -0.3 is 15.4 Å². The maximum Gasteiger partial charge on any atom is 0.251 e. The fourth-order valence-electron chi connectivity index (χ4n) is 2.42. The van der Waals surface area contributed by atoms with Gasteiger partial charge in [0.05, 0.1) is 6.61 Å². The molecule has 5 heteroatoms. The second-order valence-corrected chi connectivity index (χ2v) is 5.85. The molecule has 0 heterocycles. The Morgan fingerprint density at radius 3 is 2.32 bits per heavy atom. The quantitative estimate of drug-likeness (QED) is 0.776. The fraction of sp³-hybridized carbons (Fsp3) is 0.300. The lowest BCUT2D eigenvalue weighted by Gasteiger charge is -2.09. The van der Waals surface area contributed by atoms with Crippen molar-refractivity contribution < 1.29 is 14.3 Å². The number of nitrogens with one attached hydrogen (secondary N) is 2. The molecule has 0 aliphatic heterocycles. The number of ether oxygens (including phenoxy) is 1. The third kappa shape index (κ3) is 6.04. The van der Waals surface area contributed by atoms with Crippen LogP contribution in [-0.2, 0) is 22.7 Å². The van der Waals surface area contributed by atoms with E-state index in [9.17, 15) is 9.59 Å². The second kappa shape index (κ2) is 9.59. The molecule has 0 aliphatic carbocycles. The molecule has 0 aliphatic rings. The number of methoxy groups -OCH3 is 1. The first kappa shape index (κ1) is 18.7. The lowest BCUT2D eigenvalue weighted by molar-refractivity contribution is -0.121. The van der Waals surface area contributed by atoms with Crippen molar-refractivity contribution in [1.82, 2.24) is 10.6 Å². The van der Waals surface area contributed by atoms with Crippen molar-refractivity contribution >= 4 is 11.8 Å². The summed E-state index contributed by atoms with van der Waals surface area (Å²) in [6, 6.07) is 15.3. The van der Waals surface area contributed by atoms with Gasteiger partial charge in [-0.3, -0.25) is 9.59 Å². The van der Waals surface area contributed by atoms with Crippen LogP contribution >= 0.6 is 0 Å². The van der Waals surface area contributed by atoms with Crippen molar-refractivity contribution in [2.24, 2.45) is 0 Å². The Bertz CT molecular complexity index is 711. The largest absolute Gasteiger partial charge is 0.380 e. The van der Waals surface area contributed by atoms with Crippen molar-refractivity contribution in [2.75, 3.05) is 13.7 Å². The van der Waals surface area contributed by atoms with Crippen LogP contribution < -0.4 is 10.6 Å². The Labute approximate surface area is 148 Å². The fourth-order valence-corrected chi connectivity index (χ4v) is 2.42. The average molecular weight is 340 g/mol. The molecule has 25 heavy (non-hydrogen) atoms. The molecule has 0 fully saturated rings. The van der Waals surface area contributed by atoms with Crippen LogP contribution in [0.5, 0.6) is 0 Å². The van der Waals surface area contributed by atoms with Crippen LogP contribution in [0.15, 0.2) is 48.5 Å².